The van der Waals surface area contributed by atoms with Crippen LogP contribution >= 0.6 is 11.6 Å². The first-order chi connectivity index (χ1) is 12.2. The number of nitrogens with zero attached hydrogens (tertiary/aromatic N) is 3. The maximum Gasteiger partial charge on any atom is 0.429 e. The van der Waals surface area contributed by atoms with Crippen LogP contribution in [0.15, 0.2) is 36.5 Å². The summed E-state index contributed by atoms with van der Waals surface area (Å²) in [5, 5.41) is 1.28. The second-order valence-electron chi connectivity index (χ2n) is 6.45. The van der Waals surface area contributed by atoms with E-state index in [9.17, 15) is 9.59 Å². The lowest BCUT2D eigenvalue weighted by Gasteiger charge is -2.26. The number of rotatable bonds is 3. The van der Waals surface area contributed by atoms with Crippen LogP contribution in [0.1, 0.15) is 38.1 Å². The fraction of sp³-hybridized carbons (Fsp3) is 0.333. The Bertz CT molecular complexity index is 788. The summed E-state index contributed by atoms with van der Waals surface area (Å²) in [6, 6.07) is 8.50. The van der Waals surface area contributed by atoms with Crippen molar-refractivity contribution in [1.29, 1.82) is 0 Å². The monoisotopic (exact) mass is 376 g/mol. The standard InChI is InChI=1S/C18H21ClN4O3/c1-5-23(17(25)26-18(2,3)4)22-15(24)13-8-6-12(7-9-13)14-10-11-20-16(19)21-14/h6-11H,5H2,1-4H3,(H,22,24). The first-order valence-electron chi connectivity index (χ1n) is 8.10. The van der Waals surface area contributed by atoms with Gasteiger partial charge in [0, 0.05) is 23.9 Å². The molecule has 26 heavy (non-hydrogen) atoms. The predicted molar refractivity (Wildman–Crippen MR) is 98.6 cm³/mol. The normalized spacial score (nSPS) is 11.0. The zero-order valence-corrected chi connectivity index (χ0v) is 15.9. The minimum Gasteiger partial charge on any atom is -0.442 e. The van der Waals surface area contributed by atoms with E-state index in [0.29, 0.717) is 11.3 Å². The number of hydrogen-bond acceptors (Lipinski definition) is 5. The lowest BCUT2D eigenvalue weighted by atomic mass is 10.1. The smallest absolute Gasteiger partial charge is 0.429 e. The summed E-state index contributed by atoms with van der Waals surface area (Å²) in [5.74, 6) is -0.412. The van der Waals surface area contributed by atoms with Gasteiger partial charge in [-0.1, -0.05) is 12.1 Å². The molecule has 0 aliphatic rings. The molecular formula is C18H21ClN4O3. The van der Waals surface area contributed by atoms with Gasteiger partial charge in [-0.25, -0.2) is 19.8 Å². The van der Waals surface area contributed by atoms with Crippen LogP contribution < -0.4 is 5.43 Å². The minimum atomic E-state index is -0.643. The molecule has 1 heterocycles. The van der Waals surface area contributed by atoms with Gasteiger partial charge in [-0.3, -0.25) is 10.2 Å². The third kappa shape index (κ3) is 5.42. The Balaban J connectivity index is 2.08. The number of hydrogen-bond donors (Lipinski definition) is 1. The third-order valence-corrected chi connectivity index (χ3v) is 3.42. The van der Waals surface area contributed by atoms with Crippen molar-refractivity contribution in [3.63, 3.8) is 0 Å². The number of benzene rings is 1. The second-order valence-corrected chi connectivity index (χ2v) is 6.79. The zero-order chi connectivity index (χ0) is 19.3. The average Bonchev–Trinajstić information content (AvgIpc) is 2.58. The molecule has 1 aromatic heterocycles. The van der Waals surface area contributed by atoms with Gasteiger partial charge in [-0.2, -0.15) is 0 Å². The van der Waals surface area contributed by atoms with Crippen molar-refractivity contribution in [3.8, 4) is 11.3 Å². The topological polar surface area (TPSA) is 84.4 Å². The molecule has 0 saturated heterocycles. The molecule has 0 spiro atoms. The van der Waals surface area contributed by atoms with Crippen LogP contribution in [0.5, 0.6) is 0 Å². The van der Waals surface area contributed by atoms with E-state index in [4.69, 9.17) is 16.3 Å². The largest absolute Gasteiger partial charge is 0.442 e. The first kappa shape index (κ1) is 19.7. The van der Waals surface area contributed by atoms with E-state index in [0.717, 1.165) is 10.6 Å². The van der Waals surface area contributed by atoms with Crippen molar-refractivity contribution in [3.05, 3.63) is 47.4 Å². The van der Waals surface area contributed by atoms with Gasteiger partial charge in [0.25, 0.3) is 5.91 Å². The molecule has 0 unspecified atom stereocenters. The summed E-state index contributed by atoms with van der Waals surface area (Å²) in [5.41, 5.74) is 3.75. The fourth-order valence-corrected chi connectivity index (χ4v) is 2.19. The first-order valence-corrected chi connectivity index (χ1v) is 8.48. The summed E-state index contributed by atoms with van der Waals surface area (Å²) >= 11 is 5.79. The zero-order valence-electron chi connectivity index (χ0n) is 15.1. The van der Waals surface area contributed by atoms with Crippen LogP contribution in [0.4, 0.5) is 4.79 Å². The van der Waals surface area contributed by atoms with Crippen molar-refractivity contribution >= 4 is 23.6 Å². The predicted octanol–water partition coefficient (Wildman–Crippen LogP) is 3.70. The van der Waals surface area contributed by atoms with Crippen LogP contribution in [0.3, 0.4) is 0 Å². The maximum atomic E-state index is 12.4. The third-order valence-electron chi connectivity index (χ3n) is 3.24. The van der Waals surface area contributed by atoms with E-state index >= 15 is 0 Å². The van der Waals surface area contributed by atoms with Crippen LogP contribution in [-0.2, 0) is 4.74 Å². The number of nitrogens with one attached hydrogen (secondary N) is 1. The van der Waals surface area contributed by atoms with Crippen LogP contribution in [0, 0.1) is 0 Å². The van der Waals surface area contributed by atoms with E-state index in [1.165, 1.54) is 0 Å². The summed E-state index contributed by atoms with van der Waals surface area (Å²) in [6.45, 7) is 7.31. The number of aromatic nitrogens is 2. The Morgan fingerprint density at radius 2 is 1.85 bits per heavy atom. The van der Waals surface area contributed by atoms with Crippen LogP contribution in [0.25, 0.3) is 11.3 Å². The van der Waals surface area contributed by atoms with E-state index in [-0.39, 0.29) is 11.8 Å². The average molecular weight is 377 g/mol. The Hall–Kier alpha value is -2.67. The molecular weight excluding hydrogens is 356 g/mol. The van der Waals surface area contributed by atoms with Gasteiger partial charge in [-0.05, 0) is 57.5 Å². The van der Waals surface area contributed by atoms with Gasteiger partial charge in [-0.15, -0.1) is 0 Å². The van der Waals surface area contributed by atoms with E-state index in [1.54, 1.807) is 64.2 Å². The number of carbonyl (C=O) groups is 2. The second kappa shape index (κ2) is 8.14. The number of amides is 2. The Kier molecular flexibility index (Phi) is 6.15. The molecule has 0 aliphatic heterocycles. The molecule has 0 fully saturated rings. The molecule has 0 radical (unpaired) electrons. The molecule has 7 nitrogen and oxygen atoms in total. The van der Waals surface area contributed by atoms with Crippen molar-refractivity contribution in [1.82, 2.24) is 20.4 Å². The lowest BCUT2D eigenvalue weighted by Crippen LogP contribution is -2.48. The molecule has 8 heteroatoms. The van der Waals surface area contributed by atoms with Crippen molar-refractivity contribution in [2.75, 3.05) is 6.54 Å². The highest BCUT2D eigenvalue weighted by atomic mass is 35.5. The number of hydrazine groups is 1. The number of halogens is 1. The Labute approximate surface area is 157 Å². The van der Waals surface area contributed by atoms with Gasteiger partial charge >= 0.3 is 6.09 Å². The molecule has 1 aromatic carbocycles. The highest BCUT2D eigenvalue weighted by molar-refractivity contribution is 6.28. The highest BCUT2D eigenvalue weighted by Gasteiger charge is 2.22. The molecule has 2 aromatic rings. The van der Waals surface area contributed by atoms with Gasteiger partial charge in [0.15, 0.2) is 0 Å². The molecule has 0 atom stereocenters. The van der Waals surface area contributed by atoms with Gasteiger partial charge < -0.3 is 4.74 Å². The van der Waals surface area contributed by atoms with Crippen molar-refractivity contribution in [2.24, 2.45) is 0 Å². The fourth-order valence-electron chi connectivity index (χ4n) is 2.05. The van der Waals surface area contributed by atoms with Gasteiger partial charge in [0.1, 0.15) is 5.60 Å². The molecule has 2 rings (SSSR count). The molecule has 0 saturated carbocycles. The number of carbonyl (C=O) groups excluding carboxylic acids is 2. The Morgan fingerprint density at radius 3 is 2.38 bits per heavy atom. The quantitative estimate of drug-likeness (QED) is 0.652. The number of ether oxygens (including phenoxy) is 1. The molecule has 0 bridgehead atoms. The van der Waals surface area contributed by atoms with Gasteiger partial charge in [0.2, 0.25) is 5.28 Å². The van der Waals surface area contributed by atoms with Crippen LogP contribution in [-0.4, -0.2) is 39.1 Å². The molecule has 0 aliphatic carbocycles. The molecule has 2 amide bonds. The minimum absolute atomic E-state index is 0.153. The van der Waals surface area contributed by atoms with Crippen LogP contribution in [0.2, 0.25) is 5.28 Å². The summed E-state index contributed by atoms with van der Waals surface area (Å²) < 4.78 is 5.26. The Morgan fingerprint density at radius 1 is 1.19 bits per heavy atom. The van der Waals surface area contributed by atoms with E-state index in [1.807, 2.05) is 0 Å². The summed E-state index contributed by atoms with van der Waals surface area (Å²) in [4.78, 5) is 32.4. The van der Waals surface area contributed by atoms with E-state index in [2.05, 4.69) is 15.4 Å². The van der Waals surface area contributed by atoms with Crippen molar-refractivity contribution < 1.29 is 14.3 Å². The SMILES string of the molecule is CCN(NC(=O)c1ccc(-c2ccnc(Cl)n2)cc1)C(=O)OC(C)(C)C. The summed E-state index contributed by atoms with van der Waals surface area (Å²) in [6.07, 6.45) is 0.950. The highest BCUT2D eigenvalue weighted by Crippen LogP contribution is 2.18. The maximum absolute atomic E-state index is 12.4. The molecule has 1 N–H and O–H groups in total. The lowest BCUT2D eigenvalue weighted by molar-refractivity contribution is 0.0146. The van der Waals surface area contributed by atoms with Crippen molar-refractivity contribution in [2.45, 2.75) is 33.3 Å². The molecule has 138 valence electrons. The van der Waals surface area contributed by atoms with Gasteiger partial charge in [0.05, 0.1) is 5.69 Å². The van der Waals surface area contributed by atoms with E-state index < -0.39 is 17.6 Å². The summed E-state index contributed by atoms with van der Waals surface area (Å²) in [7, 11) is 0.